The van der Waals surface area contributed by atoms with Crippen molar-refractivity contribution in [3.63, 3.8) is 0 Å². The first-order chi connectivity index (χ1) is 9.63. The van der Waals surface area contributed by atoms with Crippen molar-refractivity contribution in [2.45, 2.75) is 12.5 Å². The average Bonchev–Trinajstić information content (AvgIpc) is 2.47. The molecule has 106 valence electrons. The molecule has 0 aliphatic rings. The topological polar surface area (TPSA) is 47.3 Å². The van der Waals surface area contributed by atoms with Crippen LogP contribution in [0.3, 0.4) is 0 Å². The summed E-state index contributed by atoms with van der Waals surface area (Å²) in [6.07, 6.45) is 0.688. The molecule has 20 heavy (non-hydrogen) atoms. The summed E-state index contributed by atoms with van der Waals surface area (Å²) in [6.45, 7) is 0. The van der Waals surface area contributed by atoms with Gasteiger partial charge in [0.25, 0.3) is 0 Å². The fourth-order valence-corrected chi connectivity index (χ4v) is 2.51. The Morgan fingerprint density at radius 1 is 1.20 bits per heavy atom. The maximum Gasteiger partial charge on any atom is 0.119 e. The van der Waals surface area contributed by atoms with Gasteiger partial charge in [-0.1, -0.05) is 35.3 Å². The molecular formula is C15H16Cl2N2O. The molecule has 0 heterocycles. The number of nitrogens with one attached hydrogen (secondary N) is 1. The summed E-state index contributed by atoms with van der Waals surface area (Å²) in [4.78, 5) is 0. The van der Waals surface area contributed by atoms with Gasteiger partial charge in [-0.25, -0.2) is 0 Å². The third-order valence-corrected chi connectivity index (χ3v) is 3.69. The zero-order valence-electron chi connectivity index (χ0n) is 11.1. The van der Waals surface area contributed by atoms with Crippen molar-refractivity contribution >= 4 is 23.2 Å². The third kappa shape index (κ3) is 3.64. The lowest BCUT2D eigenvalue weighted by Crippen LogP contribution is -2.29. The van der Waals surface area contributed by atoms with Crippen LogP contribution in [0.1, 0.15) is 17.2 Å². The van der Waals surface area contributed by atoms with E-state index in [9.17, 15) is 0 Å². The maximum atomic E-state index is 6.22. The van der Waals surface area contributed by atoms with Crippen LogP contribution in [-0.4, -0.2) is 7.11 Å². The third-order valence-electron chi connectivity index (χ3n) is 3.11. The van der Waals surface area contributed by atoms with Gasteiger partial charge < -0.3 is 4.74 Å². The summed E-state index contributed by atoms with van der Waals surface area (Å²) in [5.74, 6) is 6.47. The highest BCUT2D eigenvalue weighted by molar-refractivity contribution is 6.33. The van der Waals surface area contributed by atoms with Crippen LogP contribution in [0.4, 0.5) is 0 Å². The minimum Gasteiger partial charge on any atom is -0.497 e. The summed E-state index contributed by atoms with van der Waals surface area (Å²) >= 11 is 12.2. The molecule has 0 fully saturated rings. The number of benzene rings is 2. The first-order valence-electron chi connectivity index (χ1n) is 6.18. The summed E-state index contributed by atoms with van der Waals surface area (Å²) in [5, 5.41) is 1.27. The molecule has 2 aromatic rings. The Hall–Kier alpha value is -1.26. The Morgan fingerprint density at radius 3 is 2.70 bits per heavy atom. The van der Waals surface area contributed by atoms with Gasteiger partial charge in [0.1, 0.15) is 5.75 Å². The van der Waals surface area contributed by atoms with E-state index < -0.39 is 0 Å². The highest BCUT2D eigenvalue weighted by Gasteiger charge is 2.15. The normalized spacial score (nSPS) is 12.2. The monoisotopic (exact) mass is 310 g/mol. The van der Waals surface area contributed by atoms with Crippen molar-refractivity contribution in [2.24, 2.45) is 5.84 Å². The molecule has 0 aromatic heterocycles. The number of halogens is 2. The van der Waals surface area contributed by atoms with Crippen LogP contribution in [0.2, 0.25) is 10.0 Å². The van der Waals surface area contributed by atoms with Crippen LogP contribution in [-0.2, 0) is 6.42 Å². The molecule has 0 saturated carbocycles. The molecule has 0 aliphatic heterocycles. The number of rotatable bonds is 5. The molecule has 0 amide bonds. The van der Waals surface area contributed by atoms with E-state index in [2.05, 4.69) is 5.43 Å². The number of ether oxygens (including phenoxy) is 1. The number of hydrogen-bond donors (Lipinski definition) is 2. The van der Waals surface area contributed by atoms with Crippen LogP contribution in [0.25, 0.3) is 0 Å². The van der Waals surface area contributed by atoms with Gasteiger partial charge in [0.15, 0.2) is 0 Å². The van der Waals surface area contributed by atoms with Gasteiger partial charge in [0.2, 0.25) is 0 Å². The average molecular weight is 311 g/mol. The van der Waals surface area contributed by atoms with Gasteiger partial charge in [0.05, 0.1) is 13.2 Å². The van der Waals surface area contributed by atoms with Crippen molar-refractivity contribution in [1.29, 1.82) is 0 Å². The lowest BCUT2D eigenvalue weighted by molar-refractivity contribution is 0.414. The molecule has 0 spiro atoms. The summed E-state index contributed by atoms with van der Waals surface area (Å²) in [7, 11) is 1.64. The van der Waals surface area contributed by atoms with Gasteiger partial charge in [-0.3, -0.25) is 11.3 Å². The lowest BCUT2D eigenvalue weighted by atomic mass is 9.99. The highest BCUT2D eigenvalue weighted by atomic mass is 35.5. The largest absolute Gasteiger partial charge is 0.497 e. The highest BCUT2D eigenvalue weighted by Crippen LogP contribution is 2.28. The molecule has 1 unspecified atom stereocenters. The van der Waals surface area contributed by atoms with Crippen LogP contribution in [0.15, 0.2) is 42.5 Å². The van der Waals surface area contributed by atoms with Crippen LogP contribution < -0.4 is 16.0 Å². The van der Waals surface area contributed by atoms with Crippen LogP contribution >= 0.6 is 23.2 Å². The van der Waals surface area contributed by atoms with Crippen molar-refractivity contribution in [2.75, 3.05) is 7.11 Å². The second-order valence-electron chi connectivity index (χ2n) is 4.44. The summed E-state index contributed by atoms with van der Waals surface area (Å²) < 4.78 is 5.22. The molecule has 5 heteroatoms. The number of hydrazine groups is 1. The SMILES string of the molecule is COc1cccc(CC(NN)c2cc(Cl)ccc2Cl)c1. The molecule has 0 radical (unpaired) electrons. The molecule has 1 atom stereocenters. The Balaban J connectivity index is 2.26. The van der Waals surface area contributed by atoms with E-state index in [0.29, 0.717) is 16.5 Å². The van der Waals surface area contributed by atoms with E-state index in [0.717, 1.165) is 16.9 Å². The standard InChI is InChI=1S/C15H16Cl2N2O/c1-20-12-4-2-3-10(7-12)8-15(19-18)13-9-11(16)5-6-14(13)17/h2-7,9,15,19H,8,18H2,1H3. The molecule has 3 N–H and O–H groups in total. The van der Waals surface area contributed by atoms with Crippen molar-refractivity contribution < 1.29 is 4.74 Å². The van der Waals surface area contributed by atoms with Gasteiger partial charge in [0, 0.05) is 10.0 Å². The number of nitrogens with two attached hydrogens (primary N) is 1. The van der Waals surface area contributed by atoms with Crippen molar-refractivity contribution in [3.05, 3.63) is 63.6 Å². The smallest absolute Gasteiger partial charge is 0.119 e. The van der Waals surface area contributed by atoms with E-state index in [1.165, 1.54) is 0 Å². The molecule has 2 aromatic carbocycles. The van der Waals surface area contributed by atoms with Gasteiger partial charge >= 0.3 is 0 Å². The van der Waals surface area contributed by atoms with Crippen molar-refractivity contribution in [1.82, 2.24) is 5.43 Å². The molecular weight excluding hydrogens is 295 g/mol. The minimum atomic E-state index is -0.117. The van der Waals surface area contributed by atoms with E-state index >= 15 is 0 Å². The van der Waals surface area contributed by atoms with Crippen molar-refractivity contribution in [3.8, 4) is 5.75 Å². The zero-order valence-corrected chi connectivity index (χ0v) is 12.6. The first-order valence-corrected chi connectivity index (χ1v) is 6.93. The van der Waals surface area contributed by atoms with Crippen LogP contribution in [0, 0.1) is 0 Å². The Morgan fingerprint density at radius 2 is 2.00 bits per heavy atom. The summed E-state index contributed by atoms with van der Waals surface area (Å²) in [5.41, 5.74) is 4.77. The molecule has 0 saturated heterocycles. The Kier molecular flexibility index (Phi) is 5.26. The zero-order chi connectivity index (χ0) is 14.5. The van der Waals surface area contributed by atoms with E-state index in [1.54, 1.807) is 19.2 Å². The van der Waals surface area contributed by atoms with Gasteiger partial charge in [-0.15, -0.1) is 0 Å². The van der Waals surface area contributed by atoms with E-state index in [1.807, 2.05) is 30.3 Å². The number of hydrogen-bond acceptors (Lipinski definition) is 3. The fraction of sp³-hybridized carbons (Fsp3) is 0.200. The minimum absolute atomic E-state index is 0.117. The summed E-state index contributed by atoms with van der Waals surface area (Å²) in [6, 6.07) is 13.1. The number of methoxy groups -OCH3 is 1. The molecule has 2 rings (SSSR count). The Bertz CT molecular complexity index is 590. The fourth-order valence-electron chi connectivity index (χ4n) is 2.08. The van der Waals surface area contributed by atoms with Crippen LogP contribution in [0.5, 0.6) is 5.75 Å². The predicted molar refractivity (Wildman–Crippen MR) is 83.2 cm³/mol. The molecule has 0 bridgehead atoms. The predicted octanol–water partition coefficient (Wildman–Crippen LogP) is 3.75. The lowest BCUT2D eigenvalue weighted by Gasteiger charge is -2.18. The second kappa shape index (κ2) is 6.95. The van der Waals surface area contributed by atoms with Gasteiger partial charge in [-0.05, 0) is 47.9 Å². The maximum absolute atomic E-state index is 6.22. The molecule has 3 nitrogen and oxygen atoms in total. The van der Waals surface area contributed by atoms with Gasteiger partial charge in [-0.2, -0.15) is 0 Å². The van der Waals surface area contributed by atoms with E-state index in [4.69, 9.17) is 33.8 Å². The second-order valence-corrected chi connectivity index (χ2v) is 5.28. The quantitative estimate of drug-likeness (QED) is 0.653. The Labute approximate surface area is 128 Å². The molecule has 0 aliphatic carbocycles. The first kappa shape index (κ1) is 15.1. The van der Waals surface area contributed by atoms with E-state index in [-0.39, 0.29) is 6.04 Å².